The van der Waals surface area contributed by atoms with Crippen molar-refractivity contribution in [3.05, 3.63) is 75.3 Å². The molecule has 3 aromatic rings. The van der Waals surface area contributed by atoms with Gasteiger partial charge in [-0.15, -0.1) is 10.2 Å². The van der Waals surface area contributed by atoms with Crippen molar-refractivity contribution in [3.63, 3.8) is 0 Å². The molecule has 0 aliphatic carbocycles. The number of aromatic nitrogens is 2. The lowest BCUT2D eigenvalue weighted by molar-refractivity contribution is -0.384. The number of carbonyl (C=O) groups is 1. The van der Waals surface area contributed by atoms with Crippen LogP contribution in [-0.2, 0) is 0 Å². The monoisotopic (exact) mass is 399 g/mol. The van der Waals surface area contributed by atoms with Crippen LogP contribution in [0.3, 0.4) is 0 Å². The molecule has 0 spiro atoms. The highest BCUT2D eigenvalue weighted by Crippen LogP contribution is 2.24. The summed E-state index contributed by atoms with van der Waals surface area (Å²) in [6.45, 7) is 2.49. The second kappa shape index (κ2) is 8.45. The zero-order valence-electron chi connectivity index (χ0n) is 14.7. The van der Waals surface area contributed by atoms with Crippen molar-refractivity contribution >= 4 is 23.3 Å². The molecule has 2 aromatic carbocycles. The molecule has 9 heteroatoms. The second-order valence-corrected chi connectivity index (χ2v) is 5.93. The third kappa shape index (κ3) is 4.41. The standard InChI is InChI=1S/C19H14ClN3O5/c1-2-27-14-6-3-12(4-7-14)17-9-10-18(22-21-17)28-19(24)15-8-5-13(23(25)26)11-16(15)20/h3-11H,2H2,1H3. The van der Waals surface area contributed by atoms with Gasteiger partial charge in [-0.05, 0) is 43.3 Å². The number of hydrogen-bond acceptors (Lipinski definition) is 7. The van der Waals surface area contributed by atoms with Crippen LogP contribution in [0.15, 0.2) is 54.6 Å². The molecule has 0 unspecified atom stereocenters. The zero-order valence-corrected chi connectivity index (χ0v) is 15.4. The fourth-order valence-corrected chi connectivity index (χ4v) is 2.60. The zero-order chi connectivity index (χ0) is 20.1. The molecule has 1 heterocycles. The van der Waals surface area contributed by atoms with Gasteiger partial charge in [-0.25, -0.2) is 4.79 Å². The molecule has 0 aliphatic heterocycles. The Kier molecular flexibility index (Phi) is 5.81. The van der Waals surface area contributed by atoms with E-state index in [9.17, 15) is 14.9 Å². The van der Waals surface area contributed by atoms with Crippen molar-refractivity contribution in [3.8, 4) is 22.9 Å². The van der Waals surface area contributed by atoms with Gasteiger partial charge >= 0.3 is 5.97 Å². The summed E-state index contributed by atoms with van der Waals surface area (Å²) in [6, 6.07) is 14.0. The Bertz CT molecular complexity index is 1010. The van der Waals surface area contributed by atoms with E-state index < -0.39 is 10.9 Å². The number of non-ortho nitro benzene ring substituents is 1. The van der Waals surface area contributed by atoms with Gasteiger partial charge in [0.25, 0.3) is 5.69 Å². The van der Waals surface area contributed by atoms with E-state index >= 15 is 0 Å². The largest absolute Gasteiger partial charge is 0.494 e. The first-order chi connectivity index (χ1) is 13.5. The van der Waals surface area contributed by atoms with Gasteiger partial charge < -0.3 is 9.47 Å². The van der Waals surface area contributed by atoms with E-state index in [-0.39, 0.29) is 22.2 Å². The maximum Gasteiger partial charge on any atom is 0.346 e. The third-order valence-corrected chi connectivity index (χ3v) is 3.99. The molecule has 0 aliphatic rings. The normalized spacial score (nSPS) is 10.4. The van der Waals surface area contributed by atoms with Crippen molar-refractivity contribution in [2.75, 3.05) is 6.61 Å². The van der Waals surface area contributed by atoms with Crippen LogP contribution in [0.25, 0.3) is 11.3 Å². The molecule has 0 bridgehead atoms. The average molecular weight is 400 g/mol. The molecule has 0 amide bonds. The molecule has 142 valence electrons. The number of esters is 1. The van der Waals surface area contributed by atoms with Gasteiger partial charge in [-0.1, -0.05) is 11.6 Å². The van der Waals surface area contributed by atoms with Crippen molar-refractivity contribution in [2.24, 2.45) is 0 Å². The SMILES string of the molecule is CCOc1ccc(-c2ccc(OC(=O)c3ccc([N+](=O)[O-])cc3Cl)nn2)cc1. The molecule has 0 saturated heterocycles. The fraction of sp³-hybridized carbons (Fsp3) is 0.105. The predicted octanol–water partition coefficient (Wildman–Crippen LogP) is 4.32. The van der Waals surface area contributed by atoms with Gasteiger partial charge in [0.05, 0.1) is 27.8 Å². The highest BCUT2D eigenvalue weighted by Gasteiger charge is 2.17. The maximum absolute atomic E-state index is 12.2. The van der Waals surface area contributed by atoms with Crippen LogP contribution in [0.1, 0.15) is 17.3 Å². The number of nitro groups is 1. The summed E-state index contributed by atoms with van der Waals surface area (Å²) in [5.74, 6) is -0.0538. The van der Waals surface area contributed by atoms with Crippen LogP contribution in [0.5, 0.6) is 11.6 Å². The minimum atomic E-state index is -0.789. The summed E-state index contributed by atoms with van der Waals surface area (Å²) in [5.41, 5.74) is 1.19. The van der Waals surface area contributed by atoms with Gasteiger partial charge in [0.15, 0.2) is 0 Å². The smallest absolute Gasteiger partial charge is 0.346 e. The van der Waals surface area contributed by atoms with E-state index in [4.69, 9.17) is 21.1 Å². The summed E-state index contributed by atoms with van der Waals surface area (Å²) < 4.78 is 10.5. The quantitative estimate of drug-likeness (QED) is 0.345. The van der Waals surface area contributed by atoms with Crippen LogP contribution in [0.4, 0.5) is 5.69 Å². The Hall–Kier alpha value is -3.52. The van der Waals surface area contributed by atoms with E-state index in [1.54, 1.807) is 6.07 Å². The Morgan fingerprint density at radius 3 is 2.43 bits per heavy atom. The Morgan fingerprint density at radius 2 is 1.86 bits per heavy atom. The summed E-state index contributed by atoms with van der Waals surface area (Å²) in [4.78, 5) is 22.3. The van der Waals surface area contributed by atoms with Crippen molar-refractivity contribution < 1.29 is 19.2 Å². The lowest BCUT2D eigenvalue weighted by Gasteiger charge is -2.06. The molecule has 0 saturated carbocycles. The first-order valence-electron chi connectivity index (χ1n) is 8.21. The fourth-order valence-electron chi connectivity index (χ4n) is 2.35. The first kappa shape index (κ1) is 19.2. The van der Waals surface area contributed by atoms with Crippen molar-refractivity contribution in [1.29, 1.82) is 0 Å². The number of benzene rings is 2. The molecule has 8 nitrogen and oxygen atoms in total. The van der Waals surface area contributed by atoms with Crippen LogP contribution in [0.2, 0.25) is 5.02 Å². The number of nitrogens with zero attached hydrogens (tertiary/aromatic N) is 3. The molecule has 0 radical (unpaired) electrons. The first-order valence-corrected chi connectivity index (χ1v) is 8.59. The van der Waals surface area contributed by atoms with Gasteiger partial charge in [0, 0.05) is 23.8 Å². The summed E-state index contributed by atoms with van der Waals surface area (Å²) in [5, 5.41) is 18.6. The molecule has 0 atom stereocenters. The molecular formula is C19H14ClN3O5. The van der Waals surface area contributed by atoms with E-state index in [0.29, 0.717) is 12.3 Å². The van der Waals surface area contributed by atoms with E-state index in [0.717, 1.165) is 17.4 Å². The number of rotatable bonds is 6. The van der Waals surface area contributed by atoms with E-state index in [2.05, 4.69) is 10.2 Å². The second-order valence-electron chi connectivity index (χ2n) is 5.52. The lowest BCUT2D eigenvalue weighted by atomic mass is 10.1. The number of ether oxygens (including phenoxy) is 2. The minimum absolute atomic E-state index is 0.00958. The Morgan fingerprint density at radius 1 is 1.11 bits per heavy atom. The van der Waals surface area contributed by atoms with Crippen molar-refractivity contribution in [1.82, 2.24) is 10.2 Å². The van der Waals surface area contributed by atoms with Crippen LogP contribution >= 0.6 is 11.6 Å². The number of hydrogen-bond donors (Lipinski definition) is 0. The highest BCUT2D eigenvalue weighted by molar-refractivity contribution is 6.33. The Balaban J connectivity index is 1.71. The topological polar surface area (TPSA) is 104 Å². The van der Waals surface area contributed by atoms with Gasteiger partial charge in [-0.3, -0.25) is 10.1 Å². The average Bonchev–Trinajstić information content (AvgIpc) is 2.69. The molecule has 28 heavy (non-hydrogen) atoms. The van der Waals surface area contributed by atoms with E-state index in [1.807, 2.05) is 31.2 Å². The van der Waals surface area contributed by atoms with Crippen LogP contribution < -0.4 is 9.47 Å². The Labute approximate surface area is 164 Å². The molecule has 3 rings (SSSR count). The summed E-state index contributed by atoms with van der Waals surface area (Å²) in [7, 11) is 0. The summed E-state index contributed by atoms with van der Waals surface area (Å²) >= 11 is 5.92. The van der Waals surface area contributed by atoms with Crippen molar-refractivity contribution in [2.45, 2.75) is 6.92 Å². The number of carbonyl (C=O) groups excluding carboxylic acids is 1. The number of halogens is 1. The minimum Gasteiger partial charge on any atom is -0.494 e. The predicted molar refractivity (Wildman–Crippen MR) is 102 cm³/mol. The van der Waals surface area contributed by atoms with E-state index in [1.165, 1.54) is 18.2 Å². The van der Waals surface area contributed by atoms with Gasteiger partial charge in [0.2, 0.25) is 5.88 Å². The molecule has 0 N–H and O–H groups in total. The van der Waals surface area contributed by atoms with Crippen LogP contribution in [0, 0.1) is 10.1 Å². The van der Waals surface area contributed by atoms with Gasteiger partial charge in [-0.2, -0.15) is 0 Å². The number of nitro benzene ring substituents is 1. The molecule has 0 fully saturated rings. The van der Waals surface area contributed by atoms with Gasteiger partial charge in [0.1, 0.15) is 5.75 Å². The lowest BCUT2D eigenvalue weighted by Crippen LogP contribution is -2.10. The maximum atomic E-state index is 12.2. The highest BCUT2D eigenvalue weighted by atomic mass is 35.5. The molecular weight excluding hydrogens is 386 g/mol. The summed E-state index contributed by atoms with van der Waals surface area (Å²) in [6.07, 6.45) is 0. The van der Waals surface area contributed by atoms with Crippen LogP contribution in [-0.4, -0.2) is 27.7 Å². The molecule has 1 aromatic heterocycles. The third-order valence-electron chi connectivity index (χ3n) is 3.68.